The second-order valence-electron chi connectivity index (χ2n) is 5.26. The molecule has 1 fully saturated rings. The highest BCUT2D eigenvalue weighted by Crippen LogP contribution is 2.24. The van der Waals surface area contributed by atoms with Crippen LogP contribution in [0.4, 0.5) is 0 Å². The van der Waals surface area contributed by atoms with Crippen molar-refractivity contribution < 1.29 is 4.79 Å². The molecule has 1 amide bonds. The molecule has 1 aliphatic rings. The van der Waals surface area contributed by atoms with Crippen LogP contribution in [0.2, 0.25) is 0 Å². The molecule has 18 heavy (non-hydrogen) atoms. The fourth-order valence-corrected chi connectivity index (χ4v) is 2.62. The monoisotopic (exact) mass is 246 g/mol. The summed E-state index contributed by atoms with van der Waals surface area (Å²) in [6, 6.07) is 10.3. The molecule has 3 heteroatoms. The quantitative estimate of drug-likeness (QED) is 0.860. The van der Waals surface area contributed by atoms with Crippen molar-refractivity contribution in [2.45, 2.75) is 44.7 Å². The van der Waals surface area contributed by atoms with Crippen LogP contribution in [0.15, 0.2) is 30.3 Å². The Balaban J connectivity index is 1.91. The second kappa shape index (κ2) is 6.01. The number of nitrogens with two attached hydrogens (primary N) is 1. The van der Waals surface area contributed by atoms with Gasteiger partial charge in [0, 0.05) is 12.0 Å². The number of benzene rings is 1. The Morgan fingerprint density at radius 3 is 2.72 bits per heavy atom. The summed E-state index contributed by atoms with van der Waals surface area (Å²) < 4.78 is 0. The first-order valence-corrected chi connectivity index (χ1v) is 6.77. The van der Waals surface area contributed by atoms with Crippen molar-refractivity contribution in [3.63, 3.8) is 0 Å². The number of hydrogen-bond acceptors (Lipinski definition) is 2. The molecular formula is C15H22N2O. The van der Waals surface area contributed by atoms with Gasteiger partial charge in [-0.15, -0.1) is 0 Å². The minimum absolute atomic E-state index is 0.0665. The van der Waals surface area contributed by atoms with E-state index < -0.39 is 0 Å². The molecule has 3 unspecified atom stereocenters. The van der Waals surface area contributed by atoms with Crippen molar-refractivity contribution in [2.24, 2.45) is 11.7 Å². The van der Waals surface area contributed by atoms with E-state index >= 15 is 0 Å². The molecule has 0 radical (unpaired) electrons. The molecule has 3 N–H and O–H groups in total. The summed E-state index contributed by atoms with van der Waals surface area (Å²) in [6.07, 6.45) is 3.92. The lowest BCUT2D eigenvalue weighted by molar-refractivity contribution is -0.126. The molecule has 1 saturated carbocycles. The first kappa shape index (κ1) is 13.1. The van der Waals surface area contributed by atoms with Crippen LogP contribution in [0.5, 0.6) is 0 Å². The Hall–Kier alpha value is -1.35. The van der Waals surface area contributed by atoms with Crippen LogP contribution >= 0.6 is 0 Å². The van der Waals surface area contributed by atoms with Gasteiger partial charge in [-0.05, 0) is 31.7 Å². The van der Waals surface area contributed by atoms with Crippen LogP contribution in [0.1, 0.15) is 44.2 Å². The summed E-state index contributed by atoms with van der Waals surface area (Å²) in [7, 11) is 0. The molecule has 0 spiro atoms. The average molecular weight is 246 g/mol. The molecule has 3 nitrogen and oxygen atoms in total. The van der Waals surface area contributed by atoms with Gasteiger partial charge in [0.2, 0.25) is 5.91 Å². The maximum absolute atomic E-state index is 12.2. The van der Waals surface area contributed by atoms with Crippen molar-refractivity contribution >= 4 is 5.91 Å². The molecule has 3 atom stereocenters. The first-order valence-electron chi connectivity index (χ1n) is 6.77. The SMILES string of the molecule is CC(NC(=O)C1CCCC(N)C1)c1ccccc1. The van der Waals surface area contributed by atoms with Crippen molar-refractivity contribution in [3.8, 4) is 0 Å². The highest BCUT2D eigenvalue weighted by molar-refractivity contribution is 5.79. The van der Waals surface area contributed by atoms with Gasteiger partial charge in [-0.2, -0.15) is 0 Å². The van der Waals surface area contributed by atoms with E-state index in [0.29, 0.717) is 0 Å². The standard InChI is InChI=1S/C15H22N2O/c1-11(12-6-3-2-4-7-12)17-15(18)13-8-5-9-14(16)10-13/h2-4,6-7,11,13-14H,5,8-10,16H2,1H3,(H,17,18). The third kappa shape index (κ3) is 3.33. The van der Waals surface area contributed by atoms with E-state index in [1.165, 1.54) is 0 Å². The van der Waals surface area contributed by atoms with Gasteiger partial charge in [0.15, 0.2) is 0 Å². The lowest BCUT2D eigenvalue weighted by Gasteiger charge is -2.27. The van der Waals surface area contributed by atoms with Crippen LogP contribution < -0.4 is 11.1 Å². The summed E-state index contributed by atoms with van der Waals surface area (Å²) in [5, 5.41) is 3.09. The molecule has 2 rings (SSSR count). The van der Waals surface area contributed by atoms with Gasteiger partial charge in [-0.1, -0.05) is 36.8 Å². The van der Waals surface area contributed by atoms with Gasteiger partial charge in [0.25, 0.3) is 0 Å². The number of carbonyl (C=O) groups is 1. The average Bonchev–Trinajstić information content (AvgIpc) is 2.39. The zero-order chi connectivity index (χ0) is 13.0. The van der Waals surface area contributed by atoms with Crippen molar-refractivity contribution in [3.05, 3.63) is 35.9 Å². The van der Waals surface area contributed by atoms with E-state index in [4.69, 9.17) is 5.73 Å². The fourth-order valence-electron chi connectivity index (χ4n) is 2.62. The van der Waals surface area contributed by atoms with Crippen molar-refractivity contribution in [2.75, 3.05) is 0 Å². The summed E-state index contributed by atoms with van der Waals surface area (Å²) in [5.74, 6) is 0.251. The first-order chi connectivity index (χ1) is 8.66. The minimum Gasteiger partial charge on any atom is -0.349 e. The van der Waals surface area contributed by atoms with Gasteiger partial charge in [-0.25, -0.2) is 0 Å². The summed E-state index contributed by atoms with van der Waals surface area (Å²) >= 11 is 0. The van der Waals surface area contributed by atoms with Crippen molar-refractivity contribution in [1.82, 2.24) is 5.32 Å². The number of amides is 1. The Kier molecular flexibility index (Phi) is 4.37. The van der Waals surface area contributed by atoms with Crippen LogP contribution in [0.25, 0.3) is 0 Å². The largest absolute Gasteiger partial charge is 0.349 e. The van der Waals surface area contributed by atoms with E-state index in [1.807, 2.05) is 37.3 Å². The number of rotatable bonds is 3. The Morgan fingerprint density at radius 2 is 2.06 bits per heavy atom. The fraction of sp³-hybridized carbons (Fsp3) is 0.533. The van der Waals surface area contributed by atoms with E-state index in [2.05, 4.69) is 5.32 Å². The van der Waals surface area contributed by atoms with Crippen molar-refractivity contribution in [1.29, 1.82) is 0 Å². The Morgan fingerprint density at radius 1 is 1.33 bits per heavy atom. The van der Waals surface area contributed by atoms with E-state index in [9.17, 15) is 4.79 Å². The third-order valence-corrected chi connectivity index (χ3v) is 3.74. The van der Waals surface area contributed by atoms with Crippen LogP contribution in [0.3, 0.4) is 0 Å². The Bertz CT molecular complexity index is 391. The van der Waals surface area contributed by atoms with Gasteiger partial charge in [0.1, 0.15) is 0 Å². The maximum atomic E-state index is 12.2. The molecule has 0 aromatic heterocycles. The van der Waals surface area contributed by atoms with E-state index in [-0.39, 0.29) is 23.9 Å². The number of carbonyl (C=O) groups excluding carboxylic acids is 1. The smallest absolute Gasteiger partial charge is 0.223 e. The molecule has 1 aromatic carbocycles. The second-order valence-corrected chi connectivity index (χ2v) is 5.26. The predicted molar refractivity (Wildman–Crippen MR) is 72.9 cm³/mol. The van der Waals surface area contributed by atoms with Gasteiger partial charge >= 0.3 is 0 Å². The van der Waals surface area contributed by atoms with Gasteiger partial charge in [-0.3, -0.25) is 4.79 Å². The molecular weight excluding hydrogens is 224 g/mol. The zero-order valence-electron chi connectivity index (χ0n) is 10.9. The molecule has 0 bridgehead atoms. The molecule has 0 heterocycles. The molecule has 0 aliphatic heterocycles. The zero-order valence-corrected chi connectivity index (χ0v) is 10.9. The maximum Gasteiger partial charge on any atom is 0.223 e. The highest BCUT2D eigenvalue weighted by atomic mass is 16.1. The summed E-state index contributed by atoms with van der Waals surface area (Å²) in [4.78, 5) is 12.2. The molecule has 98 valence electrons. The number of hydrogen-bond donors (Lipinski definition) is 2. The van der Waals surface area contributed by atoms with Gasteiger partial charge < -0.3 is 11.1 Å². The minimum atomic E-state index is 0.0665. The van der Waals surface area contributed by atoms with Crippen LogP contribution in [-0.4, -0.2) is 11.9 Å². The lowest BCUT2D eigenvalue weighted by Crippen LogP contribution is -2.38. The van der Waals surface area contributed by atoms with E-state index in [0.717, 1.165) is 31.2 Å². The summed E-state index contributed by atoms with van der Waals surface area (Å²) in [6.45, 7) is 2.02. The number of nitrogens with one attached hydrogen (secondary N) is 1. The lowest BCUT2D eigenvalue weighted by atomic mass is 9.85. The molecule has 0 saturated heterocycles. The highest BCUT2D eigenvalue weighted by Gasteiger charge is 2.26. The van der Waals surface area contributed by atoms with E-state index in [1.54, 1.807) is 0 Å². The normalized spacial score (nSPS) is 25.4. The molecule has 1 aromatic rings. The van der Waals surface area contributed by atoms with Crippen LogP contribution in [-0.2, 0) is 4.79 Å². The third-order valence-electron chi connectivity index (χ3n) is 3.74. The van der Waals surface area contributed by atoms with Gasteiger partial charge in [0.05, 0.1) is 6.04 Å². The molecule has 1 aliphatic carbocycles. The Labute approximate surface area is 109 Å². The predicted octanol–water partition coefficient (Wildman–Crippen LogP) is 2.38. The topological polar surface area (TPSA) is 55.1 Å². The van der Waals surface area contributed by atoms with Crippen LogP contribution in [0, 0.1) is 5.92 Å². The summed E-state index contributed by atoms with van der Waals surface area (Å²) in [5.41, 5.74) is 7.07.